The van der Waals surface area contributed by atoms with Crippen molar-refractivity contribution >= 4 is 50.7 Å². The van der Waals surface area contributed by atoms with Gasteiger partial charge in [0.05, 0.1) is 10.6 Å². The van der Waals surface area contributed by atoms with Crippen molar-refractivity contribution in [2.45, 2.75) is 24.3 Å². The van der Waals surface area contributed by atoms with E-state index in [0.29, 0.717) is 11.0 Å². The predicted molar refractivity (Wildman–Crippen MR) is 97.0 cm³/mol. The number of nitrogens with zero attached hydrogens (tertiary/aromatic N) is 2. The van der Waals surface area contributed by atoms with Crippen LogP contribution < -0.4 is 11.1 Å². The van der Waals surface area contributed by atoms with Crippen molar-refractivity contribution in [1.82, 2.24) is 9.97 Å². The van der Waals surface area contributed by atoms with Gasteiger partial charge >= 0.3 is 0 Å². The second-order valence-electron chi connectivity index (χ2n) is 5.10. The molecule has 1 aromatic carbocycles. The van der Waals surface area contributed by atoms with E-state index in [4.69, 9.17) is 5.73 Å². The number of aryl methyl sites for hydroxylation is 1. The fourth-order valence-corrected chi connectivity index (χ4v) is 3.68. The second kappa shape index (κ2) is 6.55. The topological polar surface area (TPSA) is 80.9 Å². The number of hydrogen-bond acceptors (Lipinski definition) is 6. The van der Waals surface area contributed by atoms with Gasteiger partial charge < -0.3 is 11.1 Å². The number of anilines is 2. The number of aromatic nitrogens is 2. The Labute approximate surface area is 142 Å². The number of thioether (sulfide) groups is 1. The molecule has 0 bridgehead atoms. The van der Waals surface area contributed by atoms with E-state index in [9.17, 15) is 4.79 Å². The normalized spacial score (nSPS) is 12.3. The lowest BCUT2D eigenvalue weighted by Gasteiger charge is -2.13. The van der Waals surface area contributed by atoms with Gasteiger partial charge in [0.25, 0.3) is 0 Å². The van der Waals surface area contributed by atoms with Crippen molar-refractivity contribution in [2.24, 2.45) is 0 Å². The summed E-state index contributed by atoms with van der Waals surface area (Å²) >= 11 is 2.81. The van der Waals surface area contributed by atoms with Crippen molar-refractivity contribution in [3.63, 3.8) is 0 Å². The minimum absolute atomic E-state index is 0.0854. The molecule has 1 unspecified atom stereocenters. The van der Waals surface area contributed by atoms with Crippen LogP contribution in [0, 0.1) is 6.92 Å². The Bertz CT molecular complexity index is 862. The second-order valence-corrected chi connectivity index (χ2v) is 7.30. The molecule has 118 valence electrons. The van der Waals surface area contributed by atoms with Crippen molar-refractivity contribution in [3.05, 3.63) is 41.3 Å². The van der Waals surface area contributed by atoms with Crippen LogP contribution in [0.15, 0.2) is 40.9 Å². The molecular formula is C16H16N4OS2. The number of fused-ring (bicyclic) bond motifs is 1. The first kappa shape index (κ1) is 15.8. The largest absolute Gasteiger partial charge is 0.383 e. The Morgan fingerprint density at radius 3 is 2.87 bits per heavy atom. The summed E-state index contributed by atoms with van der Waals surface area (Å²) in [7, 11) is 0. The van der Waals surface area contributed by atoms with E-state index in [1.54, 1.807) is 0 Å². The Morgan fingerprint density at radius 2 is 2.09 bits per heavy atom. The Kier molecular flexibility index (Phi) is 4.49. The SMILES string of the molecule is Cc1ccccc1NC(=O)C(C)Sc1nc(N)c2ccsc2n1. The van der Waals surface area contributed by atoms with Crippen molar-refractivity contribution in [2.75, 3.05) is 11.1 Å². The van der Waals surface area contributed by atoms with E-state index in [2.05, 4.69) is 15.3 Å². The summed E-state index contributed by atoms with van der Waals surface area (Å²) in [6, 6.07) is 9.59. The Hall–Kier alpha value is -2.12. The molecule has 0 saturated carbocycles. The molecule has 0 aliphatic carbocycles. The average Bonchev–Trinajstić information content (AvgIpc) is 2.98. The number of nitrogens with two attached hydrogens (primary N) is 1. The molecule has 7 heteroatoms. The van der Waals surface area contributed by atoms with E-state index in [1.165, 1.54) is 23.1 Å². The van der Waals surface area contributed by atoms with Crippen molar-refractivity contribution in [1.29, 1.82) is 0 Å². The fourth-order valence-electron chi connectivity index (χ4n) is 2.07. The van der Waals surface area contributed by atoms with E-state index in [-0.39, 0.29) is 11.2 Å². The van der Waals surface area contributed by atoms with Gasteiger partial charge in [-0.2, -0.15) is 0 Å². The summed E-state index contributed by atoms with van der Waals surface area (Å²) in [5, 5.41) is 5.91. The standard InChI is InChI=1S/C16H16N4OS2/c1-9-5-3-4-6-12(9)18-14(21)10(2)23-16-19-13(17)11-7-8-22-15(11)20-16/h3-8,10H,1-2H3,(H,18,21)(H2,17,19,20). The fraction of sp³-hybridized carbons (Fsp3) is 0.188. The van der Waals surface area contributed by atoms with Crippen LogP contribution in [0.5, 0.6) is 0 Å². The molecule has 0 radical (unpaired) electrons. The highest BCUT2D eigenvalue weighted by Crippen LogP contribution is 2.28. The number of nitrogens with one attached hydrogen (secondary N) is 1. The predicted octanol–water partition coefficient (Wildman–Crippen LogP) is 3.70. The molecule has 3 aromatic rings. The summed E-state index contributed by atoms with van der Waals surface area (Å²) in [6.07, 6.45) is 0. The Morgan fingerprint density at radius 1 is 1.30 bits per heavy atom. The first-order chi connectivity index (χ1) is 11.0. The first-order valence-corrected chi connectivity index (χ1v) is 8.84. The maximum absolute atomic E-state index is 12.4. The lowest BCUT2D eigenvalue weighted by Crippen LogP contribution is -2.23. The number of carbonyl (C=O) groups excluding carboxylic acids is 1. The summed E-state index contributed by atoms with van der Waals surface area (Å²) in [5.74, 6) is 0.364. The van der Waals surface area contributed by atoms with E-state index >= 15 is 0 Å². The van der Waals surface area contributed by atoms with E-state index in [1.807, 2.05) is 49.6 Å². The van der Waals surface area contributed by atoms with Gasteiger partial charge in [-0.05, 0) is 36.9 Å². The molecule has 0 spiro atoms. The quantitative estimate of drug-likeness (QED) is 0.557. The van der Waals surface area contributed by atoms with Crippen LogP contribution in [0.2, 0.25) is 0 Å². The number of nitrogen functional groups attached to an aromatic ring is 1. The van der Waals surface area contributed by atoms with Gasteiger partial charge in [-0.25, -0.2) is 9.97 Å². The van der Waals surface area contributed by atoms with Gasteiger partial charge in [0.1, 0.15) is 10.6 Å². The third-order valence-corrected chi connectivity index (χ3v) is 5.16. The zero-order valence-corrected chi connectivity index (χ0v) is 14.4. The summed E-state index contributed by atoms with van der Waals surface area (Å²) in [4.78, 5) is 21.9. The maximum atomic E-state index is 12.4. The van der Waals surface area contributed by atoms with Crippen LogP contribution in [-0.2, 0) is 4.79 Å². The number of hydrogen-bond donors (Lipinski definition) is 2. The third kappa shape index (κ3) is 3.46. The highest BCUT2D eigenvalue weighted by Gasteiger charge is 2.18. The number of benzene rings is 1. The van der Waals surface area contributed by atoms with Gasteiger partial charge in [-0.1, -0.05) is 30.0 Å². The molecular weight excluding hydrogens is 328 g/mol. The number of carbonyl (C=O) groups is 1. The van der Waals surface area contributed by atoms with E-state index < -0.39 is 0 Å². The van der Waals surface area contributed by atoms with E-state index in [0.717, 1.165) is 21.5 Å². The molecule has 23 heavy (non-hydrogen) atoms. The molecule has 5 nitrogen and oxygen atoms in total. The summed E-state index contributed by atoms with van der Waals surface area (Å²) < 4.78 is 0. The molecule has 0 saturated heterocycles. The molecule has 3 rings (SSSR count). The molecule has 1 amide bonds. The lowest BCUT2D eigenvalue weighted by atomic mass is 10.2. The van der Waals surface area contributed by atoms with Gasteiger partial charge in [0.2, 0.25) is 5.91 Å². The third-order valence-electron chi connectivity index (χ3n) is 3.39. The average molecular weight is 344 g/mol. The van der Waals surface area contributed by atoms with Crippen LogP contribution in [0.3, 0.4) is 0 Å². The lowest BCUT2D eigenvalue weighted by molar-refractivity contribution is -0.115. The van der Waals surface area contributed by atoms with Crippen LogP contribution in [0.1, 0.15) is 12.5 Å². The number of thiophene rings is 1. The molecule has 0 aliphatic rings. The monoisotopic (exact) mass is 344 g/mol. The van der Waals surface area contributed by atoms with Crippen molar-refractivity contribution < 1.29 is 4.79 Å². The zero-order chi connectivity index (χ0) is 16.4. The zero-order valence-electron chi connectivity index (χ0n) is 12.7. The first-order valence-electron chi connectivity index (χ1n) is 7.08. The van der Waals surface area contributed by atoms with Gasteiger partial charge in [0, 0.05) is 5.69 Å². The minimum atomic E-state index is -0.327. The van der Waals surface area contributed by atoms with Gasteiger partial charge in [-0.15, -0.1) is 11.3 Å². The summed E-state index contributed by atoms with van der Waals surface area (Å²) in [5.41, 5.74) is 7.78. The molecule has 0 aliphatic heterocycles. The number of para-hydroxylation sites is 1. The molecule has 2 heterocycles. The van der Waals surface area contributed by atoms with Crippen molar-refractivity contribution in [3.8, 4) is 0 Å². The minimum Gasteiger partial charge on any atom is -0.383 e. The van der Waals surface area contributed by atoms with Gasteiger partial charge in [0.15, 0.2) is 5.16 Å². The van der Waals surface area contributed by atoms with Crippen LogP contribution in [-0.4, -0.2) is 21.1 Å². The van der Waals surface area contributed by atoms with Crippen LogP contribution >= 0.6 is 23.1 Å². The van der Waals surface area contributed by atoms with Crippen LogP contribution in [0.25, 0.3) is 10.2 Å². The van der Waals surface area contributed by atoms with Crippen LogP contribution in [0.4, 0.5) is 11.5 Å². The highest BCUT2D eigenvalue weighted by molar-refractivity contribution is 8.00. The summed E-state index contributed by atoms with van der Waals surface area (Å²) in [6.45, 7) is 3.79. The Balaban J connectivity index is 1.73. The number of rotatable bonds is 4. The smallest absolute Gasteiger partial charge is 0.237 e. The maximum Gasteiger partial charge on any atom is 0.237 e. The highest BCUT2D eigenvalue weighted by atomic mass is 32.2. The molecule has 3 N–H and O–H groups in total. The number of amides is 1. The van der Waals surface area contributed by atoms with Gasteiger partial charge in [-0.3, -0.25) is 4.79 Å². The molecule has 2 aromatic heterocycles. The molecule has 0 fully saturated rings. The molecule has 1 atom stereocenters.